The van der Waals surface area contributed by atoms with Crippen LogP contribution in [0.15, 0.2) is 18.2 Å². The highest BCUT2D eigenvalue weighted by Crippen LogP contribution is 2.20. The van der Waals surface area contributed by atoms with Gasteiger partial charge in [0.2, 0.25) is 5.91 Å². The number of benzene rings is 1. The largest absolute Gasteiger partial charge is 0.478 e. The molecule has 0 saturated carbocycles. The van der Waals surface area contributed by atoms with E-state index in [0.717, 1.165) is 6.07 Å². The zero-order valence-corrected chi connectivity index (χ0v) is 10.5. The molecule has 0 saturated heterocycles. The molecular weight excluding hydrogens is 239 g/mol. The number of carbonyl (C=O) groups is 2. The minimum Gasteiger partial charge on any atom is -0.478 e. The topological polar surface area (TPSA) is 60.9 Å². The summed E-state index contributed by atoms with van der Waals surface area (Å²) in [6.45, 7) is 0.0267. The van der Waals surface area contributed by atoms with Crippen LogP contribution in [0.4, 0.5) is 10.1 Å². The highest BCUT2D eigenvalue weighted by molar-refractivity contribution is 5.95. The maximum Gasteiger partial charge on any atom is 0.337 e. The molecule has 1 rings (SSSR count). The minimum absolute atomic E-state index is 0.0267. The number of hydrogen-bond donors (Lipinski definition) is 1. The predicted molar refractivity (Wildman–Crippen MR) is 65.3 cm³/mol. The number of nitrogens with zero attached hydrogens (tertiary/aromatic N) is 2. The third-order valence-corrected chi connectivity index (χ3v) is 2.47. The average molecular weight is 254 g/mol. The Kier molecular flexibility index (Phi) is 4.25. The van der Waals surface area contributed by atoms with Crippen LogP contribution in [-0.2, 0) is 4.79 Å². The first-order valence-electron chi connectivity index (χ1n) is 5.27. The number of carboxylic acid groups (broad SMARTS) is 1. The summed E-state index contributed by atoms with van der Waals surface area (Å²) in [7, 11) is 4.80. The van der Waals surface area contributed by atoms with Gasteiger partial charge >= 0.3 is 5.97 Å². The standard InChI is InChI=1S/C12H15FN2O3/c1-14(2)11(16)7-15(3)10-5-4-8(13)6-9(10)12(17)18/h4-6H,7H2,1-3H3,(H,17,18). The monoisotopic (exact) mass is 254 g/mol. The second kappa shape index (κ2) is 5.48. The molecule has 0 radical (unpaired) electrons. The molecule has 0 aromatic heterocycles. The summed E-state index contributed by atoms with van der Waals surface area (Å²) >= 11 is 0. The van der Waals surface area contributed by atoms with Gasteiger partial charge in [0.05, 0.1) is 17.8 Å². The van der Waals surface area contributed by atoms with Crippen molar-refractivity contribution in [1.82, 2.24) is 4.90 Å². The van der Waals surface area contributed by atoms with Gasteiger partial charge in [0.25, 0.3) is 0 Å². The number of carbonyl (C=O) groups excluding carboxylic acids is 1. The number of anilines is 1. The fourth-order valence-electron chi connectivity index (χ4n) is 1.44. The van der Waals surface area contributed by atoms with Crippen molar-refractivity contribution in [2.45, 2.75) is 0 Å². The maximum atomic E-state index is 13.0. The molecule has 1 aromatic carbocycles. The van der Waals surface area contributed by atoms with E-state index in [4.69, 9.17) is 5.11 Å². The number of rotatable bonds is 4. The van der Waals surface area contributed by atoms with E-state index < -0.39 is 11.8 Å². The Balaban J connectivity index is 3.02. The lowest BCUT2D eigenvalue weighted by Gasteiger charge is -2.22. The maximum absolute atomic E-state index is 13.0. The number of hydrogen-bond acceptors (Lipinski definition) is 3. The van der Waals surface area contributed by atoms with Crippen molar-refractivity contribution in [1.29, 1.82) is 0 Å². The first-order valence-corrected chi connectivity index (χ1v) is 5.27. The Morgan fingerprint density at radius 1 is 1.28 bits per heavy atom. The molecule has 0 aliphatic rings. The van der Waals surface area contributed by atoms with Gasteiger partial charge < -0.3 is 14.9 Å². The van der Waals surface area contributed by atoms with Crippen LogP contribution < -0.4 is 4.90 Å². The third kappa shape index (κ3) is 3.19. The molecule has 0 unspecified atom stereocenters. The van der Waals surface area contributed by atoms with Crippen LogP contribution in [0.3, 0.4) is 0 Å². The quantitative estimate of drug-likeness (QED) is 0.872. The Labute approximate surface area is 104 Å². The van der Waals surface area contributed by atoms with Crippen LogP contribution in [0.5, 0.6) is 0 Å². The highest BCUT2D eigenvalue weighted by atomic mass is 19.1. The molecule has 18 heavy (non-hydrogen) atoms. The van der Waals surface area contributed by atoms with Gasteiger partial charge in [-0.1, -0.05) is 0 Å². The molecule has 0 aliphatic heterocycles. The highest BCUT2D eigenvalue weighted by Gasteiger charge is 2.17. The first kappa shape index (κ1) is 14.0. The number of likely N-dealkylation sites (N-methyl/N-ethyl adjacent to an activating group) is 2. The smallest absolute Gasteiger partial charge is 0.337 e. The molecule has 0 atom stereocenters. The molecule has 6 heteroatoms. The zero-order valence-electron chi connectivity index (χ0n) is 10.5. The van der Waals surface area contributed by atoms with Crippen molar-refractivity contribution in [3.05, 3.63) is 29.6 Å². The molecule has 0 aliphatic carbocycles. The molecule has 0 fully saturated rings. The molecule has 98 valence electrons. The number of halogens is 1. The Morgan fingerprint density at radius 2 is 1.89 bits per heavy atom. The molecule has 0 heterocycles. The van der Waals surface area contributed by atoms with E-state index in [1.807, 2.05) is 0 Å². The summed E-state index contributed by atoms with van der Waals surface area (Å²) in [5.41, 5.74) is 0.142. The van der Waals surface area contributed by atoms with E-state index in [2.05, 4.69) is 0 Å². The van der Waals surface area contributed by atoms with Crippen molar-refractivity contribution in [2.75, 3.05) is 32.6 Å². The van der Waals surface area contributed by atoms with Crippen LogP contribution in [0, 0.1) is 5.82 Å². The summed E-state index contributed by atoms with van der Waals surface area (Å²) in [5.74, 6) is -2.02. The van der Waals surface area contributed by atoms with Gasteiger partial charge in [-0.05, 0) is 18.2 Å². The number of carboxylic acids is 1. The van der Waals surface area contributed by atoms with Crippen LogP contribution in [0.25, 0.3) is 0 Å². The van der Waals surface area contributed by atoms with Gasteiger partial charge in [-0.3, -0.25) is 4.79 Å². The Hall–Kier alpha value is -2.11. The van der Waals surface area contributed by atoms with Crippen molar-refractivity contribution < 1.29 is 19.1 Å². The molecule has 0 bridgehead atoms. The Morgan fingerprint density at radius 3 is 2.39 bits per heavy atom. The third-order valence-electron chi connectivity index (χ3n) is 2.47. The molecule has 1 N–H and O–H groups in total. The average Bonchev–Trinajstić information content (AvgIpc) is 2.28. The zero-order chi connectivity index (χ0) is 13.9. The fourth-order valence-corrected chi connectivity index (χ4v) is 1.44. The van der Waals surface area contributed by atoms with E-state index in [1.54, 1.807) is 21.1 Å². The lowest BCUT2D eigenvalue weighted by molar-refractivity contribution is -0.127. The van der Waals surface area contributed by atoms with Gasteiger partial charge in [0.15, 0.2) is 0 Å². The molecule has 5 nitrogen and oxygen atoms in total. The Bertz CT molecular complexity index is 474. The van der Waals surface area contributed by atoms with Crippen LogP contribution in [-0.4, -0.2) is 49.6 Å². The van der Waals surface area contributed by atoms with E-state index in [-0.39, 0.29) is 18.0 Å². The van der Waals surface area contributed by atoms with Crippen molar-refractivity contribution >= 4 is 17.6 Å². The molecule has 0 spiro atoms. The normalized spacial score (nSPS) is 10.0. The van der Waals surface area contributed by atoms with Crippen LogP contribution >= 0.6 is 0 Å². The summed E-state index contributed by atoms with van der Waals surface area (Å²) in [4.78, 5) is 25.4. The van der Waals surface area contributed by atoms with Gasteiger partial charge in [-0.25, -0.2) is 9.18 Å². The predicted octanol–water partition coefficient (Wildman–Crippen LogP) is 1.05. The lowest BCUT2D eigenvalue weighted by Crippen LogP contribution is -2.35. The second-order valence-corrected chi connectivity index (χ2v) is 4.11. The van der Waals surface area contributed by atoms with Crippen molar-refractivity contribution in [3.63, 3.8) is 0 Å². The van der Waals surface area contributed by atoms with Crippen LogP contribution in [0.1, 0.15) is 10.4 Å². The van der Waals surface area contributed by atoms with Crippen molar-refractivity contribution in [3.8, 4) is 0 Å². The summed E-state index contributed by atoms with van der Waals surface area (Å²) in [6, 6.07) is 3.45. The van der Waals surface area contributed by atoms with Gasteiger partial charge in [0.1, 0.15) is 5.82 Å². The van der Waals surface area contributed by atoms with Crippen molar-refractivity contribution in [2.24, 2.45) is 0 Å². The van der Waals surface area contributed by atoms with Gasteiger partial charge in [0, 0.05) is 21.1 Å². The van der Waals surface area contributed by atoms with E-state index in [9.17, 15) is 14.0 Å². The van der Waals surface area contributed by atoms with Crippen LogP contribution in [0.2, 0.25) is 0 Å². The van der Waals surface area contributed by atoms with E-state index in [1.165, 1.54) is 21.9 Å². The molecule has 1 aromatic rings. The molecule has 1 amide bonds. The first-order chi connectivity index (χ1) is 8.32. The molecular formula is C12H15FN2O3. The minimum atomic E-state index is -1.23. The summed E-state index contributed by atoms with van der Waals surface area (Å²) < 4.78 is 13.0. The number of amides is 1. The number of aromatic carboxylic acids is 1. The second-order valence-electron chi connectivity index (χ2n) is 4.11. The summed E-state index contributed by atoms with van der Waals surface area (Å²) in [6.07, 6.45) is 0. The van der Waals surface area contributed by atoms with Gasteiger partial charge in [-0.15, -0.1) is 0 Å². The van der Waals surface area contributed by atoms with Gasteiger partial charge in [-0.2, -0.15) is 0 Å². The van der Waals surface area contributed by atoms with E-state index >= 15 is 0 Å². The fraction of sp³-hybridized carbons (Fsp3) is 0.333. The summed E-state index contributed by atoms with van der Waals surface area (Å²) in [5, 5.41) is 8.99. The SMILES string of the molecule is CN(C)C(=O)CN(C)c1ccc(F)cc1C(=O)O. The van der Waals surface area contributed by atoms with E-state index in [0.29, 0.717) is 5.69 Å². The lowest BCUT2D eigenvalue weighted by atomic mass is 10.1.